The van der Waals surface area contributed by atoms with Crippen molar-refractivity contribution in [3.05, 3.63) is 71.8 Å². The number of ether oxygens (including phenoxy) is 2. The van der Waals surface area contributed by atoms with Crippen LogP contribution in [-0.4, -0.2) is 18.2 Å². The lowest BCUT2D eigenvalue weighted by molar-refractivity contribution is 0.0954. The number of allylic oxidation sites excluding steroid dienone is 2. The molecule has 0 bridgehead atoms. The van der Waals surface area contributed by atoms with Crippen LogP contribution in [0.25, 0.3) is 0 Å². The Labute approximate surface area is 165 Å². The van der Waals surface area contributed by atoms with E-state index < -0.39 is 0 Å². The number of fused-ring (bicyclic) bond motifs is 1. The summed E-state index contributed by atoms with van der Waals surface area (Å²) in [6.45, 7) is 3.04. The van der Waals surface area contributed by atoms with Crippen molar-refractivity contribution >= 4 is 11.6 Å². The summed E-state index contributed by atoms with van der Waals surface area (Å²) in [5.74, 6) is 2.56. The van der Waals surface area contributed by atoms with Gasteiger partial charge < -0.3 is 9.47 Å². The van der Waals surface area contributed by atoms with E-state index in [1.807, 2.05) is 43.3 Å². The van der Waals surface area contributed by atoms with Gasteiger partial charge in [0.25, 0.3) is 5.91 Å². The zero-order valence-corrected chi connectivity index (χ0v) is 15.9. The van der Waals surface area contributed by atoms with Crippen LogP contribution in [0, 0.1) is 11.8 Å². The third-order valence-electron chi connectivity index (χ3n) is 5.22. The van der Waals surface area contributed by atoms with Crippen molar-refractivity contribution in [2.45, 2.75) is 26.4 Å². The molecule has 2 aliphatic carbocycles. The first kappa shape index (κ1) is 18.3. The minimum Gasteiger partial charge on any atom is -0.494 e. The van der Waals surface area contributed by atoms with E-state index in [0.29, 0.717) is 30.6 Å². The molecule has 0 radical (unpaired) electrons. The molecule has 28 heavy (non-hydrogen) atoms. The molecule has 1 N–H and O–H groups in total. The first-order valence-corrected chi connectivity index (χ1v) is 9.71. The number of carbonyl (C=O) groups is 1. The van der Waals surface area contributed by atoms with Crippen molar-refractivity contribution in [2.24, 2.45) is 16.9 Å². The molecule has 0 aliphatic heterocycles. The zero-order valence-electron chi connectivity index (χ0n) is 15.9. The average molecular weight is 376 g/mol. The van der Waals surface area contributed by atoms with Gasteiger partial charge in [-0.25, -0.2) is 5.43 Å². The molecule has 0 heterocycles. The standard InChI is InChI=1S/C23H24N2O3/c1-2-27-19-10-12-20(13-11-19)28-15-16-6-8-17(9-7-16)23(26)25-24-22-14-18-4-3-5-21(18)22/h3-4,6-13,18,21H,2,5,14-15H2,1H3,(H,25,26)/b24-22-/t18-,21+/m0/s1. The van der Waals surface area contributed by atoms with Gasteiger partial charge in [-0.15, -0.1) is 0 Å². The molecule has 5 nitrogen and oxygen atoms in total. The predicted molar refractivity (Wildman–Crippen MR) is 109 cm³/mol. The van der Waals surface area contributed by atoms with E-state index in [9.17, 15) is 4.79 Å². The number of hydrogen-bond acceptors (Lipinski definition) is 4. The Bertz CT molecular complexity index is 885. The first-order chi connectivity index (χ1) is 13.7. The fourth-order valence-corrected chi connectivity index (χ4v) is 3.57. The van der Waals surface area contributed by atoms with E-state index in [4.69, 9.17) is 9.47 Å². The minimum atomic E-state index is -0.180. The highest BCUT2D eigenvalue weighted by atomic mass is 16.5. The SMILES string of the molecule is CCOc1ccc(OCc2ccc(C(=O)N/N=C3/C[C@@H]4C=CC[C@@H]34)cc2)cc1. The van der Waals surface area contributed by atoms with Gasteiger partial charge in [0.15, 0.2) is 0 Å². The molecule has 2 aromatic rings. The molecule has 5 heteroatoms. The van der Waals surface area contributed by atoms with Gasteiger partial charge in [-0.1, -0.05) is 24.3 Å². The lowest BCUT2D eigenvalue weighted by Gasteiger charge is -2.31. The largest absolute Gasteiger partial charge is 0.494 e. The van der Waals surface area contributed by atoms with Gasteiger partial charge in [-0.05, 0) is 67.6 Å². The van der Waals surface area contributed by atoms with Gasteiger partial charge in [-0.2, -0.15) is 5.10 Å². The Morgan fingerprint density at radius 1 is 1.07 bits per heavy atom. The highest BCUT2D eigenvalue weighted by Crippen LogP contribution is 2.40. The molecule has 0 saturated heterocycles. The molecular formula is C23H24N2O3. The molecular weight excluding hydrogens is 352 g/mol. The van der Waals surface area contributed by atoms with Crippen molar-refractivity contribution in [1.29, 1.82) is 0 Å². The average Bonchev–Trinajstić information content (AvgIpc) is 3.09. The summed E-state index contributed by atoms with van der Waals surface area (Å²) >= 11 is 0. The van der Waals surface area contributed by atoms with Gasteiger partial charge in [0, 0.05) is 17.2 Å². The summed E-state index contributed by atoms with van der Waals surface area (Å²) in [4.78, 5) is 12.3. The molecule has 1 saturated carbocycles. The summed E-state index contributed by atoms with van der Waals surface area (Å²) in [5.41, 5.74) is 5.37. The summed E-state index contributed by atoms with van der Waals surface area (Å²) in [7, 11) is 0. The van der Waals surface area contributed by atoms with Crippen molar-refractivity contribution in [1.82, 2.24) is 5.43 Å². The Morgan fingerprint density at radius 2 is 1.79 bits per heavy atom. The molecule has 0 aromatic heterocycles. The van der Waals surface area contributed by atoms with E-state index in [-0.39, 0.29) is 5.91 Å². The van der Waals surface area contributed by atoms with Crippen LogP contribution < -0.4 is 14.9 Å². The van der Waals surface area contributed by atoms with Crippen LogP contribution in [0.5, 0.6) is 11.5 Å². The molecule has 0 unspecified atom stereocenters. The predicted octanol–water partition coefficient (Wildman–Crippen LogP) is 4.35. The molecule has 2 aromatic carbocycles. The number of amides is 1. The molecule has 1 amide bonds. The number of nitrogens with one attached hydrogen (secondary N) is 1. The van der Waals surface area contributed by atoms with E-state index in [1.54, 1.807) is 12.1 Å². The maximum atomic E-state index is 12.3. The fraction of sp³-hybridized carbons (Fsp3) is 0.304. The summed E-state index contributed by atoms with van der Waals surface area (Å²) in [5, 5.41) is 4.31. The van der Waals surface area contributed by atoms with E-state index in [2.05, 4.69) is 22.7 Å². The van der Waals surface area contributed by atoms with Gasteiger partial charge in [0.1, 0.15) is 18.1 Å². The molecule has 0 spiro atoms. The lowest BCUT2D eigenvalue weighted by Crippen LogP contribution is -2.35. The van der Waals surface area contributed by atoms with Crippen molar-refractivity contribution in [2.75, 3.05) is 6.61 Å². The van der Waals surface area contributed by atoms with Crippen molar-refractivity contribution in [3.8, 4) is 11.5 Å². The quantitative estimate of drug-likeness (QED) is 0.577. The van der Waals surface area contributed by atoms with Gasteiger partial charge in [0.05, 0.1) is 6.61 Å². The lowest BCUT2D eigenvalue weighted by atomic mass is 9.74. The number of rotatable bonds is 7. The smallest absolute Gasteiger partial charge is 0.271 e. The second-order valence-corrected chi connectivity index (χ2v) is 7.07. The fourth-order valence-electron chi connectivity index (χ4n) is 3.57. The van der Waals surface area contributed by atoms with E-state index in [0.717, 1.165) is 35.6 Å². The van der Waals surface area contributed by atoms with Gasteiger partial charge in [-0.3, -0.25) is 4.79 Å². The van der Waals surface area contributed by atoms with Gasteiger partial charge in [0.2, 0.25) is 0 Å². The van der Waals surface area contributed by atoms with Crippen LogP contribution in [0.3, 0.4) is 0 Å². The number of benzene rings is 2. The highest BCUT2D eigenvalue weighted by molar-refractivity contribution is 5.98. The number of hydrazone groups is 1. The maximum Gasteiger partial charge on any atom is 0.271 e. The molecule has 2 atom stereocenters. The normalized spacial score (nSPS) is 21.1. The van der Waals surface area contributed by atoms with Crippen LogP contribution in [0.1, 0.15) is 35.7 Å². The third-order valence-corrected chi connectivity index (χ3v) is 5.22. The number of carbonyl (C=O) groups excluding carboxylic acids is 1. The summed E-state index contributed by atoms with van der Waals surface area (Å²) < 4.78 is 11.2. The van der Waals surface area contributed by atoms with E-state index in [1.165, 1.54) is 0 Å². The Morgan fingerprint density at radius 3 is 2.46 bits per heavy atom. The minimum absolute atomic E-state index is 0.180. The van der Waals surface area contributed by atoms with Crippen LogP contribution >= 0.6 is 0 Å². The number of nitrogens with zero attached hydrogens (tertiary/aromatic N) is 1. The van der Waals surface area contributed by atoms with Gasteiger partial charge >= 0.3 is 0 Å². The van der Waals surface area contributed by atoms with Crippen molar-refractivity contribution < 1.29 is 14.3 Å². The zero-order chi connectivity index (χ0) is 19.3. The second kappa shape index (κ2) is 8.30. The first-order valence-electron chi connectivity index (χ1n) is 9.71. The Hall–Kier alpha value is -3.08. The monoisotopic (exact) mass is 376 g/mol. The summed E-state index contributed by atoms with van der Waals surface area (Å²) in [6, 6.07) is 14.9. The molecule has 2 aliphatic rings. The highest BCUT2D eigenvalue weighted by Gasteiger charge is 2.38. The third kappa shape index (κ3) is 4.09. The molecule has 4 rings (SSSR count). The maximum absolute atomic E-state index is 12.3. The number of hydrogen-bond donors (Lipinski definition) is 1. The topological polar surface area (TPSA) is 59.9 Å². The van der Waals surface area contributed by atoms with E-state index >= 15 is 0 Å². The van der Waals surface area contributed by atoms with Crippen LogP contribution in [0.2, 0.25) is 0 Å². The van der Waals surface area contributed by atoms with Crippen molar-refractivity contribution in [3.63, 3.8) is 0 Å². The Kier molecular flexibility index (Phi) is 5.42. The molecule has 144 valence electrons. The summed E-state index contributed by atoms with van der Waals surface area (Å²) in [6.07, 6.45) is 6.46. The van der Waals surface area contributed by atoms with Crippen LogP contribution in [-0.2, 0) is 6.61 Å². The second-order valence-electron chi connectivity index (χ2n) is 7.07. The van der Waals surface area contributed by atoms with Crippen LogP contribution in [0.4, 0.5) is 0 Å². The Balaban J connectivity index is 1.27. The van der Waals surface area contributed by atoms with Crippen LogP contribution in [0.15, 0.2) is 65.8 Å². The molecule has 1 fully saturated rings.